The minimum absolute atomic E-state index is 0.591. The molecule has 0 unspecified atom stereocenters. The largest absolute Gasteiger partial charge is 0.497 e. The summed E-state index contributed by atoms with van der Waals surface area (Å²) in [6, 6.07) is 11.8. The van der Waals surface area contributed by atoms with E-state index in [2.05, 4.69) is 37.0 Å². The number of rotatable bonds is 2. The van der Waals surface area contributed by atoms with Gasteiger partial charge < -0.3 is 4.74 Å². The Morgan fingerprint density at radius 2 is 1.90 bits per heavy atom. The summed E-state index contributed by atoms with van der Waals surface area (Å²) >= 11 is 0. The normalized spacial score (nSPS) is 10.6. The Morgan fingerprint density at radius 1 is 1.14 bits per heavy atom. The highest BCUT2D eigenvalue weighted by atomic mass is 16.5. The molecule has 0 saturated heterocycles. The van der Waals surface area contributed by atoms with Crippen molar-refractivity contribution in [2.45, 2.75) is 13.8 Å². The fourth-order valence-corrected chi connectivity index (χ4v) is 2.39. The summed E-state index contributed by atoms with van der Waals surface area (Å²) in [5, 5.41) is 9.33. The molecule has 2 aromatic carbocycles. The Balaban J connectivity index is 2.30. The molecule has 0 atom stereocenters. The van der Waals surface area contributed by atoms with Crippen LogP contribution in [0, 0.1) is 25.2 Å². The first-order valence-electron chi connectivity index (χ1n) is 6.67. The topological polar surface area (TPSA) is 50.8 Å². The van der Waals surface area contributed by atoms with Crippen LogP contribution in [0.4, 0.5) is 0 Å². The average Bonchev–Trinajstić information content (AvgIpc) is 2.89. The van der Waals surface area contributed by atoms with Gasteiger partial charge in [0.2, 0.25) is 0 Å². The molecule has 4 nitrogen and oxygen atoms in total. The molecule has 0 aliphatic heterocycles. The first-order valence-corrected chi connectivity index (χ1v) is 6.67. The second kappa shape index (κ2) is 4.95. The molecule has 0 amide bonds. The lowest BCUT2D eigenvalue weighted by Gasteiger charge is -2.09. The predicted molar refractivity (Wildman–Crippen MR) is 81.8 cm³/mol. The number of imidazole rings is 1. The van der Waals surface area contributed by atoms with E-state index >= 15 is 0 Å². The number of nitrogens with zero attached hydrogens (tertiary/aromatic N) is 3. The van der Waals surface area contributed by atoms with Crippen molar-refractivity contribution in [3.8, 4) is 17.5 Å². The molecule has 1 aromatic heterocycles. The third kappa shape index (κ3) is 2.13. The van der Waals surface area contributed by atoms with Gasteiger partial charge in [-0.3, -0.25) is 4.57 Å². The van der Waals surface area contributed by atoms with Crippen LogP contribution in [0.15, 0.2) is 36.7 Å². The SMILES string of the molecule is COc1ccc(C#N)c(-n2cnc3cc(C)c(C)cc32)c1. The van der Waals surface area contributed by atoms with Gasteiger partial charge in [-0.1, -0.05) is 0 Å². The predicted octanol–water partition coefficient (Wildman–Crippen LogP) is 3.52. The Morgan fingerprint density at radius 3 is 2.62 bits per heavy atom. The van der Waals surface area contributed by atoms with Crippen LogP contribution in [-0.2, 0) is 0 Å². The number of nitriles is 1. The fourth-order valence-electron chi connectivity index (χ4n) is 2.39. The van der Waals surface area contributed by atoms with Gasteiger partial charge in [0.15, 0.2) is 0 Å². The van der Waals surface area contributed by atoms with Gasteiger partial charge >= 0.3 is 0 Å². The number of fused-ring (bicyclic) bond motifs is 1. The summed E-state index contributed by atoms with van der Waals surface area (Å²) in [5.74, 6) is 0.717. The van der Waals surface area contributed by atoms with Crippen LogP contribution in [0.25, 0.3) is 16.7 Å². The van der Waals surface area contributed by atoms with Crippen LogP contribution in [-0.4, -0.2) is 16.7 Å². The second-order valence-electron chi connectivity index (χ2n) is 5.03. The maximum atomic E-state index is 9.33. The third-order valence-corrected chi connectivity index (χ3v) is 3.75. The van der Waals surface area contributed by atoms with Crippen LogP contribution in [0.2, 0.25) is 0 Å². The van der Waals surface area contributed by atoms with E-state index in [9.17, 15) is 5.26 Å². The number of hydrogen-bond donors (Lipinski definition) is 0. The standard InChI is InChI=1S/C17H15N3O/c1-11-6-15-17(7-12(11)2)20(10-19-15)16-8-14(21-3)5-4-13(16)9-18/h4-8,10H,1-3H3. The highest BCUT2D eigenvalue weighted by Gasteiger charge is 2.11. The number of methoxy groups -OCH3 is 1. The zero-order chi connectivity index (χ0) is 15.0. The Hall–Kier alpha value is -2.80. The van der Waals surface area contributed by atoms with Crippen LogP contribution in [0.1, 0.15) is 16.7 Å². The summed E-state index contributed by atoms with van der Waals surface area (Å²) in [6.45, 7) is 4.14. The first kappa shape index (κ1) is 13.2. The number of hydrogen-bond acceptors (Lipinski definition) is 3. The maximum Gasteiger partial charge on any atom is 0.121 e. The summed E-state index contributed by atoms with van der Waals surface area (Å²) in [6.07, 6.45) is 1.75. The van der Waals surface area contributed by atoms with Gasteiger partial charge in [0.25, 0.3) is 0 Å². The maximum absolute atomic E-state index is 9.33. The van der Waals surface area contributed by atoms with E-state index in [-0.39, 0.29) is 0 Å². The molecule has 1 heterocycles. The number of aromatic nitrogens is 2. The molecule has 0 aliphatic carbocycles. The van der Waals surface area contributed by atoms with Crippen molar-refractivity contribution in [1.82, 2.24) is 9.55 Å². The van der Waals surface area contributed by atoms with E-state index in [0.717, 1.165) is 22.5 Å². The van der Waals surface area contributed by atoms with Gasteiger partial charge in [0.1, 0.15) is 18.1 Å². The monoisotopic (exact) mass is 277 g/mol. The average molecular weight is 277 g/mol. The fraction of sp³-hybridized carbons (Fsp3) is 0.176. The lowest BCUT2D eigenvalue weighted by molar-refractivity contribution is 0.414. The summed E-state index contributed by atoms with van der Waals surface area (Å²) in [5.41, 5.74) is 5.69. The minimum atomic E-state index is 0.591. The minimum Gasteiger partial charge on any atom is -0.497 e. The Bertz CT molecular complexity index is 872. The third-order valence-electron chi connectivity index (χ3n) is 3.75. The van der Waals surface area contributed by atoms with Crippen molar-refractivity contribution in [2.24, 2.45) is 0 Å². The number of benzene rings is 2. The molecule has 0 aliphatic rings. The van der Waals surface area contributed by atoms with E-state index in [1.807, 2.05) is 10.6 Å². The Kier molecular flexibility index (Phi) is 3.11. The second-order valence-corrected chi connectivity index (χ2v) is 5.03. The summed E-state index contributed by atoms with van der Waals surface area (Å²) < 4.78 is 7.20. The van der Waals surface area contributed by atoms with E-state index in [0.29, 0.717) is 5.56 Å². The highest BCUT2D eigenvalue weighted by Crippen LogP contribution is 2.26. The van der Waals surface area contributed by atoms with Gasteiger partial charge in [0, 0.05) is 6.07 Å². The van der Waals surface area contributed by atoms with E-state index in [4.69, 9.17) is 4.74 Å². The van der Waals surface area contributed by atoms with Crippen molar-refractivity contribution < 1.29 is 4.74 Å². The van der Waals surface area contributed by atoms with Crippen LogP contribution < -0.4 is 4.74 Å². The van der Waals surface area contributed by atoms with Crippen molar-refractivity contribution in [3.63, 3.8) is 0 Å². The van der Waals surface area contributed by atoms with Crippen molar-refractivity contribution in [3.05, 3.63) is 53.3 Å². The Labute approximate surface area is 123 Å². The first-order chi connectivity index (χ1) is 10.1. The van der Waals surface area contributed by atoms with Crippen LogP contribution in [0.3, 0.4) is 0 Å². The lowest BCUT2D eigenvalue weighted by atomic mass is 10.1. The van der Waals surface area contributed by atoms with E-state index in [1.54, 1.807) is 25.6 Å². The van der Waals surface area contributed by atoms with Crippen LogP contribution in [0.5, 0.6) is 5.75 Å². The van der Waals surface area contributed by atoms with Crippen molar-refractivity contribution in [2.75, 3.05) is 7.11 Å². The molecular formula is C17H15N3O. The molecule has 3 aromatic rings. The molecule has 0 fully saturated rings. The van der Waals surface area contributed by atoms with Gasteiger partial charge in [-0.15, -0.1) is 0 Å². The van der Waals surface area contributed by atoms with Crippen LogP contribution >= 0.6 is 0 Å². The van der Waals surface area contributed by atoms with E-state index in [1.165, 1.54) is 11.1 Å². The van der Waals surface area contributed by atoms with Crippen molar-refractivity contribution in [1.29, 1.82) is 5.26 Å². The molecule has 4 heteroatoms. The molecular weight excluding hydrogens is 262 g/mol. The zero-order valence-corrected chi connectivity index (χ0v) is 12.2. The number of aryl methyl sites for hydroxylation is 2. The molecule has 104 valence electrons. The molecule has 0 saturated carbocycles. The van der Waals surface area contributed by atoms with Gasteiger partial charge in [-0.2, -0.15) is 5.26 Å². The summed E-state index contributed by atoms with van der Waals surface area (Å²) in [4.78, 5) is 4.44. The molecule has 3 rings (SSSR count). The van der Waals surface area contributed by atoms with Gasteiger partial charge in [0.05, 0.1) is 29.4 Å². The molecule has 0 radical (unpaired) electrons. The zero-order valence-electron chi connectivity index (χ0n) is 12.2. The molecule has 0 spiro atoms. The molecule has 0 bridgehead atoms. The number of ether oxygens (including phenoxy) is 1. The van der Waals surface area contributed by atoms with E-state index < -0.39 is 0 Å². The lowest BCUT2D eigenvalue weighted by Crippen LogP contribution is -1.97. The summed E-state index contributed by atoms with van der Waals surface area (Å²) in [7, 11) is 1.62. The highest BCUT2D eigenvalue weighted by molar-refractivity contribution is 5.80. The molecule has 0 N–H and O–H groups in total. The van der Waals surface area contributed by atoms with Crippen molar-refractivity contribution >= 4 is 11.0 Å². The van der Waals surface area contributed by atoms with Gasteiger partial charge in [-0.25, -0.2) is 4.98 Å². The quantitative estimate of drug-likeness (QED) is 0.720. The van der Waals surface area contributed by atoms with Gasteiger partial charge in [-0.05, 0) is 49.2 Å². The smallest absolute Gasteiger partial charge is 0.121 e. The molecule has 21 heavy (non-hydrogen) atoms.